The van der Waals surface area contributed by atoms with Gasteiger partial charge in [-0.15, -0.1) is 0 Å². The molecular weight excluding hydrogens is 510 g/mol. The molecule has 1 atom stereocenters. The summed E-state index contributed by atoms with van der Waals surface area (Å²) in [5.74, 6) is 1.01. The average Bonchev–Trinajstić information content (AvgIpc) is 3.48. The molecule has 1 aliphatic rings. The van der Waals surface area contributed by atoms with Gasteiger partial charge in [0.1, 0.15) is 12.1 Å². The van der Waals surface area contributed by atoms with Crippen molar-refractivity contribution in [2.45, 2.75) is 19.9 Å². The Morgan fingerprint density at radius 3 is 2.10 bits per heavy atom. The Hall–Kier alpha value is -4.56. The first-order valence-corrected chi connectivity index (χ1v) is 14.3. The van der Waals surface area contributed by atoms with Gasteiger partial charge in [0.15, 0.2) is 5.65 Å². The lowest BCUT2D eigenvalue weighted by Gasteiger charge is -2.40. The van der Waals surface area contributed by atoms with E-state index in [1.807, 2.05) is 72.1 Å². The van der Waals surface area contributed by atoms with E-state index in [1.165, 1.54) is 11.1 Å². The second-order valence-electron chi connectivity index (χ2n) is 10.3. The van der Waals surface area contributed by atoms with Crippen molar-refractivity contribution >= 4 is 22.8 Å². The molecule has 1 unspecified atom stereocenters. The van der Waals surface area contributed by atoms with E-state index in [-0.39, 0.29) is 11.9 Å². The molecule has 41 heavy (non-hydrogen) atoms. The number of piperazine rings is 1. The highest BCUT2D eigenvalue weighted by Crippen LogP contribution is 2.32. The van der Waals surface area contributed by atoms with Crippen molar-refractivity contribution in [2.24, 2.45) is 0 Å². The second kappa shape index (κ2) is 11.9. The standard InChI is InChI=1S/C33H35N7O/c1-3-37(4-2)33(41)27-17-15-26(16-18-27)30(25-11-7-5-8-12-25)38-19-21-39(22-20-38)31-29-23-36-40(32(29)35-24-34-31)28-13-9-6-10-14-28/h5-18,23-24,30H,3-4,19-22H2,1-2H3. The van der Waals surface area contributed by atoms with Crippen molar-refractivity contribution in [3.05, 3.63) is 114 Å². The number of hydrogen-bond donors (Lipinski definition) is 0. The van der Waals surface area contributed by atoms with Crippen molar-refractivity contribution < 1.29 is 4.79 Å². The molecule has 1 fully saturated rings. The quantitative estimate of drug-likeness (QED) is 0.267. The van der Waals surface area contributed by atoms with Crippen molar-refractivity contribution in [2.75, 3.05) is 44.2 Å². The highest BCUT2D eigenvalue weighted by Gasteiger charge is 2.28. The molecule has 0 aliphatic carbocycles. The van der Waals surface area contributed by atoms with Gasteiger partial charge in [-0.2, -0.15) is 5.10 Å². The van der Waals surface area contributed by atoms with Gasteiger partial charge < -0.3 is 9.80 Å². The molecule has 208 valence electrons. The Labute approximate surface area is 240 Å². The van der Waals surface area contributed by atoms with Crippen LogP contribution >= 0.6 is 0 Å². The minimum Gasteiger partial charge on any atom is -0.353 e. The number of carbonyl (C=O) groups excluding carboxylic acids is 1. The molecule has 1 saturated heterocycles. The lowest BCUT2D eigenvalue weighted by Crippen LogP contribution is -2.48. The molecule has 6 rings (SSSR count). The zero-order valence-electron chi connectivity index (χ0n) is 23.6. The topological polar surface area (TPSA) is 70.4 Å². The third kappa shape index (κ3) is 5.30. The smallest absolute Gasteiger partial charge is 0.253 e. The first kappa shape index (κ1) is 26.7. The van der Waals surface area contributed by atoms with Crippen LogP contribution < -0.4 is 4.90 Å². The fraction of sp³-hybridized carbons (Fsp3) is 0.273. The Morgan fingerprint density at radius 1 is 0.805 bits per heavy atom. The molecule has 0 saturated carbocycles. The van der Waals surface area contributed by atoms with E-state index in [0.717, 1.165) is 54.3 Å². The third-order valence-corrected chi connectivity index (χ3v) is 7.96. The van der Waals surface area contributed by atoms with Gasteiger partial charge in [0.25, 0.3) is 5.91 Å². The minimum atomic E-state index is 0.0816. The first-order valence-electron chi connectivity index (χ1n) is 14.3. The number of rotatable bonds is 8. The van der Waals surface area contributed by atoms with Gasteiger partial charge in [0.05, 0.1) is 23.3 Å². The van der Waals surface area contributed by atoms with Crippen LogP contribution in [0, 0.1) is 0 Å². The van der Waals surface area contributed by atoms with Gasteiger partial charge in [0.2, 0.25) is 0 Å². The van der Waals surface area contributed by atoms with Crippen LogP contribution in [0.15, 0.2) is 97.5 Å². The molecule has 3 aromatic carbocycles. The minimum absolute atomic E-state index is 0.0816. The highest BCUT2D eigenvalue weighted by atomic mass is 16.2. The summed E-state index contributed by atoms with van der Waals surface area (Å²) >= 11 is 0. The van der Waals surface area contributed by atoms with Crippen LogP contribution in [0.3, 0.4) is 0 Å². The third-order valence-electron chi connectivity index (χ3n) is 7.96. The highest BCUT2D eigenvalue weighted by molar-refractivity contribution is 5.94. The molecule has 3 heterocycles. The monoisotopic (exact) mass is 545 g/mol. The number of fused-ring (bicyclic) bond motifs is 1. The van der Waals surface area contributed by atoms with E-state index in [0.29, 0.717) is 13.1 Å². The van der Waals surface area contributed by atoms with Gasteiger partial charge >= 0.3 is 0 Å². The molecule has 1 amide bonds. The normalized spacial score (nSPS) is 14.7. The van der Waals surface area contributed by atoms with Crippen molar-refractivity contribution in [1.82, 2.24) is 29.5 Å². The van der Waals surface area contributed by atoms with Crippen LogP contribution in [-0.2, 0) is 0 Å². The predicted octanol–water partition coefficient (Wildman–Crippen LogP) is 5.21. The molecule has 8 nitrogen and oxygen atoms in total. The van der Waals surface area contributed by atoms with Crippen molar-refractivity contribution in [3.8, 4) is 5.69 Å². The zero-order valence-corrected chi connectivity index (χ0v) is 23.6. The maximum absolute atomic E-state index is 12.9. The van der Waals surface area contributed by atoms with Crippen LogP contribution in [0.25, 0.3) is 16.7 Å². The lowest BCUT2D eigenvalue weighted by molar-refractivity contribution is 0.0773. The van der Waals surface area contributed by atoms with Gasteiger partial charge in [-0.3, -0.25) is 9.69 Å². The van der Waals surface area contributed by atoms with E-state index in [1.54, 1.807) is 6.33 Å². The van der Waals surface area contributed by atoms with E-state index >= 15 is 0 Å². The number of anilines is 1. The number of hydrogen-bond acceptors (Lipinski definition) is 6. The van der Waals surface area contributed by atoms with Crippen LogP contribution in [0.5, 0.6) is 0 Å². The second-order valence-corrected chi connectivity index (χ2v) is 10.3. The summed E-state index contributed by atoms with van der Waals surface area (Å²) in [6.07, 6.45) is 3.51. The fourth-order valence-electron chi connectivity index (χ4n) is 5.78. The van der Waals surface area contributed by atoms with Crippen molar-refractivity contribution in [3.63, 3.8) is 0 Å². The maximum Gasteiger partial charge on any atom is 0.253 e. The van der Waals surface area contributed by atoms with E-state index in [4.69, 9.17) is 0 Å². The summed E-state index contributed by atoms with van der Waals surface area (Å²) in [5, 5.41) is 5.59. The Bertz CT molecular complexity index is 1590. The summed E-state index contributed by atoms with van der Waals surface area (Å²) in [5.41, 5.74) is 4.96. The van der Waals surface area contributed by atoms with Gasteiger partial charge in [-0.25, -0.2) is 14.6 Å². The summed E-state index contributed by atoms with van der Waals surface area (Å²) in [6, 6.07) is 29.0. The van der Waals surface area contributed by atoms with E-state index in [2.05, 4.69) is 67.3 Å². The largest absolute Gasteiger partial charge is 0.353 e. The molecular formula is C33H35N7O. The maximum atomic E-state index is 12.9. The Kier molecular flexibility index (Phi) is 7.73. The molecule has 8 heteroatoms. The summed E-state index contributed by atoms with van der Waals surface area (Å²) in [6.45, 7) is 8.87. The van der Waals surface area contributed by atoms with E-state index in [9.17, 15) is 4.79 Å². The van der Waals surface area contributed by atoms with E-state index < -0.39 is 0 Å². The number of amides is 1. The molecule has 0 spiro atoms. The van der Waals surface area contributed by atoms with Gasteiger partial charge in [0, 0.05) is 44.8 Å². The molecule has 2 aromatic heterocycles. The van der Waals surface area contributed by atoms with Crippen LogP contribution in [0.1, 0.15) is 41.4 Å². The Balaban J connectivity index is 1.24. The van der Waals surface area contributed by atoms with Gasteiger partial charge in [-0.05, 0) is 49.2 Å². The number of benzene rings is 3. The predicted molar refractivity (Wildman–Crippen MR) is 162 cm³/mol. The number of nitrogens with zero attached hydrogens (tertiary/aromatic N) is 7. The SMILES string of the molecule is CCN(CC)C(=O)c1ccc(C(c2ccccc2)N2CCN(c3ncnc4c3cnn4-c3ccccc3)CC2)cc1. The van der Waals surface area contributed by atoms with Crippen LogP contribution in [0.2, 0.25) is 0 Å². The summed E-state index contributed by atoms with van der Waals surface area (Å²) in [4.78, 5) is 28.9. The average molecular weight is 546 g/mol. The van der Waals surface area contributed by atoms with Crippen molar-refractivity contribution in [1.29, 1.82) is 0 Å². The van der Waals surface area contributed by atoms with Crippen LogP contribution in [0.4, 0.5) is 5.82 Å². The molecule has 1 aliphatic heterocycles. The molecule has 0 bridgehead atoms. The lowest BCUT2D eigenvalue weighted by atomic mass is 9.95. The van der Waals surface area contributed by atoms with Gasteiger partial charge in [-0.1, -0.05) is 60.7 Å². The zero-order chi connectivity index (χ0) is 28.2. The number of aromatic nitrogens is 4. The number of carbonyl (C=O) groups is 1. The molecule has 0 N–H and O–H groups in total. The van der Waals surface area contributed by atoms with Crippen LogP contribution in [-0.4, -0.2) is 74.7 Å². The number of para-hydroxylation sites is 1. The summed E-state index contributed by atoms with van der Waals surface area (Å²) in [7, 11) is 0. The molecule has 0 radical (unpaired) electrons. The first-order chi connectivity index (χ1) is 20.2. The summed E-state index contributed by atoms with van der Waals surface area (Å²) < 4.78 is 1.87. The Morgan fingerprint density at radius 2 is 1.44 bits per heavy atom. The molecule has 5 aromatic rings. The fourth-order valence-corrected chi connectivity index (χ4v) is 5.78.